The number of nitrogens with zero attached hydrogens (tertiary/aromatic N) is 2. The minimum absolute atomic E-state index is 0.204. The first-order valence-electron chi connectivity index (χ1n) is 10.1. The average Bonchev–Trinajstić information content (AvgIpc) is 2.80. The molecular formula is C23H24N2O5. The molecule has 7 heteroatoms. The normalized spacial score (nSPS) is 14.5. The number of methoxy groups -OCH3 is 2. The summed E-state index contributed by atoms with van der Waals surface area (Å²) < 4.78 is 11.7. The largest absolute Gasteiger partial charge is 0.497 e. The summed E-state index contributed by atoms with van der Waals surface area (Å²) in [4.78, 5) is 36.3. The zero-order chi connectivity index (χ0) is 21.1. The van der Waals surface area contributed by atoms with Gasteiger partial charge in [-0.05, 0) is 37.1 Å². The van der Waals surface area contributed by atoms with Gasteiger partial charge in [-0.3, -0.25) is 4.79 Å². The standard InChI is InChI=1S/C23H24N2O5/c1-28-17-12-16(13-18(14-17)29-2)21-24-20-11-7-6-10-19(20)22(26)25(21)30-23(27)15-8-4-3-5-9-15/h6-7,10-15H,3-5,8-9H2,1-2H3. The molecule has 1 aromatic heterocycles. The van der Waals surface area contributed by atoms with Crippen molar-refractivity contribution in [2.45, 2.75) is 32.1 Å². The Labute approximate surface area is 174 Å². The molecule has 0 radical (unpaired) electrons. The van der Waals surface area contributed by atoms with Gasteiger partial charge in [0.25, 0.3) is 5.56 Å². The maximum absolute atomic E-state index is 13.2. The van der Waals surface area contributed by atoms with E-state index in [1.165, 1.54) is 0 Å². The van der Waals surface area contributed by atoms with E-state index in [-0.39, 0.29) is 11.7 Å². The fourth-order valence-corrected chi connectivity index (χ4v) is 3.82. The second kappa shape index (κ2) is 8.57. The van der Waals surface area contributed by atoms with Crippen molar-refractivity contribution < 1.29 is 19.1 Å². The van der Waals surface area contributed by atoms with E-state index < -0.39 is 11.5 Å². The van der Waals surface area contributed by atoms with Gasteiger partial charge in [0.1, 0.15) is 11.5 Å². The number of fused-ring (bicyclic) bond motifs is 1. The number of hydrogen-bond donors (Lipinski definition) is 0. The number of rotatable bonds is 5. The SMILES string of the molecule is COc1cc(OC)cc(-c2nc3ccccc3c(=O)n2OC(=O)C2CCCCC2)c1. The fourth-order valence-electron chi connectivity index (χ4n) is 3.82. The van der Waals surface area contributed by atoms with Gasteiger partial charge in [0.05, 0.1) is 31.0 Å². The molecule has 0 unspecified atom stereocenters. The van der Waals surface area contributed by atoms with Crippen LogP contribution in [0.4, 0.5) is 0 Å². The van der Waals surface area contributed by atoms with Gasteiger partial charge in [0.2, 0.25) is 0 Å². The summed E-state index contributed by atoms with van der Waals surface area (Å²) in [5, 5.41) is 0.382. The molecule has 0 saturated heterocycles. The molecule has 4 rings (SSSR count). The smallest absolute Gasteiger partial charge is 0.336 e. The van der Waals surface area contributed by atoms with Gasteiger partial charge < -0.3 is 14.3 Å². The van der Waals surface area contributed by atoms with Crippen LogP contribution in [-0.2, 0) is 4.79 Å². The molecule has 0 bridgehead atoms. The molecule has 0 amide bonds. The van der Waals surface area contributed by atoms with Crippen molar-refractivity contribution in [3.8, 4) is 22.9 Å². The molecule has 1 aliphatic rings. The number of benzene rings is 2. The quantitative estimate of drug-likeness (QED) is 0.642. The molecule has 0 aliphatic heterocycles. The zero-order valence-corrected chi connectivity index (χ0v) is 17.1. The molecule has 7 nitrogen and oxygen atoms in total. The lowest BCUT2D eigenvalue weighted by Gasteiger charge is -2.21. The molecule has 1 aliphatic carbocycles. The van der Waals surface area contributed by atoms with E-state index >= 15 is 0 Å². The Bertz CT molecular complexity index is 1110. The lowest BCUT2D eigenvalue weighted by atomic mass is 9.89. The summed E-state index contributed by atoms with van der Waals surface area (Å²) in [5.41, 5.74) is 0.635. The molecule has 156 valence electrons. The van der Waals surface area contributed by atoms with Crippen molar-refractivity contribution in [2.24, 2.45) is 5.92 Å². The number of carbonyl (C=O) groups excluding carboxylic acids is 1. The van der Waals surface area contributed by atoms with Crippen LogP contribution in [0.2, 0.25) is 0 Å². The zero-order valence-electron chi connectivity index (χ0n) is 17.1. The van der Waals surface area contributed by atoms with Gasteiger partial charge in [-0.1, -0.05) is 31.4 Å². The molecule has 0 spiro atoms. The summed E-state index contributed by atoms with van der Waals surface area (Å²) >= 11 is 0. The van der Waals surface area contributed by atoms with Crippen molar-refractivity contribution in [3.05, 3.63) is 52.8 Å². The third-order valence-corrected chi connectivity index (χ3v) is 5.47. The van der Waals surface area contributed by atoms with Crippen molar-refractivity contribution in [2.75, 3.05) is 14.2 Å². The summed E-state index contributed by atoms with van der Waals surface area (Å²) in [6.07, 6.45) is 4.65. The Morgan fingerprint density at radius 1 is 1.00 bits per heavy atom. The topological polar surface area (TPSA) is 79.7 Å². The van der Waals surface area contributed by atoms with Gasteiger partial charge in [-0.15, -0.1) is 4.73 Å². The maximum atomic E-state index is 13.2. The van der Waals surface area contributed by atoms with Gasteiger partial charge in [-0.2, -0.15) is 0 Å². The van der Waals surface area contributed by atoms with Crippen LogP contribution in [-0.4, -0.2) is 29.9 Å². The van der Waals surface area contributed by atoms with Crippen molar-refractivity contribution in [1.29, 1.82) is 0 Å². The number of ether oxygens (including phenoxy) is 2. The van der Waals surface area contributed by atoms with Gasteiger partial charge in [0, 0.05) is 11.6 Å². The highest BCUT2D eigenvalue weighted by atomic mass is 16.7. The summed E-state index contributed by atoms with van der Waals surface area (Å²) in [5.74, 6) is 0.698. The predicted octanol–water partition coefficient (Wildman–Crippen LogP) is 3.62. The Balaban J connectivity index is 1.86. The summed E-state index contributed by atoms with van der Waals surface area (Å²) in [7, 11) is 3.09. The van der Waals surface area contributed by atoms with E-state index in [9.17, 15) is 9.59 Å². The van der Waals surface area contributed by atoms with Gasteiger partial charge >= 0.3 is 5.97 Å². The Hall–Kier alpha value is -3.35. The predicted molar refractivity (Wildman–Crippen MR) is 113 cm³/mol. The number of hydrogen-bond acceptors (Lipinski definition) is 6. The van der Waals surface area contributed by atoms with E-state index in [0.717, 1.165) is 36.8 Å². The minimum atomic E-state index is -0.429. The van der Waals surface area contributed by atoms with E-state index in [4.69, 9.17) is 14.3 Å². The molecule has 30 heavy (non-hydrogen) atoms. The Kier molecular flexibility index (Phi) is 5.70. The van der Waals surface area contributed by atoms with Crippen molar-refractivity contribution >= 4 is 16.9 Å². The highest BCUT2D eigenvalue weighted by Crippen LogP contribution is 2.29. The first-order chi connectivity index (χ1) is 14.6. The lowest BCUT2D eigenvalue weighted by molar-refractivity contribution is -0.150. The number of carbonyl (C=O) groups is 1. The Morgan fingerprint density at radius 3 is 2.33 bits per heavy atom. The van der Waals surface area contributed by atoms with Gasteiger partial charge in [0.15, 0.2) is 5.82 Å². The Morgan fingerprint density at radius 2 is 1.67 bits per heavy atom. The monoisotopic (exact) mass is 408 g/mol. The van der Waals surface area contributed by atoms with Crippen molar-refractivity contribution in [1.82, 2.24) is 9.71 Å². The molecule has 1 heterocycles. The number of para-hydroxylation sites is 1. The molecule has 1 saturated carbocycles. The van der Waals surface area contributed by atoms with E-state index in [0.29, 0.717) is 28.0 Å². The van der Waals surface area contributed by atoms with Crippen LogP contribution in [0.5, 0.6) is 11.5 Å². The molecule has 0 N–H and O–H groups in total. The second-order valence-corrected chi connectivity index (χ2v) is 7.40. The molecule has 1 fully saturated rings. The van der Waals surface area contributed by atoms with E-state index in [2.05, 4.69) is 4.98 Å². The van der Waals surface area contributed by atoms with E-state index in [1.54, 1.807) is 50.6 Å². The first kappa shape index (κ1) is 19.9. The van der Waals surface area contributed by atoms with Crippen LogP contribution in [0.3, 0.4) is 0 Å². The minimum Gasteiger partial charge on any atom is -0.497 e. The number of aromatic nitrogens is 2. The van der Waals surface area contributed by atoms with Crippen LogP contribution < -0.4 is 19.9 Å². The van der Waals surface area contributed by atoms with Crippen molar-refractivity contribution in [3.63, 3.8) is 0 Å². The van der Waals surface area contributed by atoms with Crippen LogP contribution in [0.1, 0.15) is 32.1 Å². The average molecular weight is 408 g/mol. The van der Waals surface area contributed by atoms with E-state index in [1.807, 2.05) is 6.07 Å². The maximum Gasteiger partial charge on any atom is 0.336 e. The fraction of sp³-hybridized carbons (Fsp3) is 0.348. The molecule has 0 atom stereocenters. The van der Waals surface area contributed by atoms with Crippen LogP contribution >= 0.6 is 0 Å². The lowest BCUT2D eigenvalue weighted by Crippen LogP contribution is -2.36. The highest BCUT2D eigenvalue weighted by Gasteiger charge is 2.26. The molecule has 3 aromatic rings. The van der Waals surface area contributed by atoms with Crippen LogP contribution in [0, 0.1) is 5.92 Å². The molecule has 2 aromatic carbocycles. The second-order valence-electron chi connectivity index (χ2n) is 7.40. The third kappa shape index (κ3) is 3.87. The summed E-state index contributed by atoms with van der Waals surface area (Å²) in [6, 6.07) is 12.2. The van der Waals surface area contributed by atoms with Crippen LogP contribution in [0.15, 0.2) is 47.3 Å². The summed E-state index contributed by atoms with van der Waals surface area (Å²) in [6.45, 7) is 0. The highest BCUT2D eigenvalue weighted by molar-refractivity contribution is 5.80. The molecular weight excluding hydrogens is 384 g/mol. The van der Waals surface area contributed by atoms with Gasteiger partial charge in [-0.25, -0.2) is 9.78 Å². The van der Waals surface area contributed by atoms with Crippen LogP contribution in [0.25, 0.3) is 22.3 Å². The first-order valence-corrected chi connectivity index (χ1v) is 10.1. The third-order valence-electron chi connectivity index (χ3n) is 5.47.